The molecular formula is C7H12N4O. The van der Waals surface area contributed by atoms with E-state index in [4.69, 9.17) is 5.73 Å². The topological polar surface area (TPSA) is 68.2 Å². The Bertz CT molecular complexity index is 236. The molecule has 1 unspecified atom stereocenters. The molecule has 12 heavy (non-hydrogen) atoms. The molecule has 0 aromatic carbocycles. The number of hydrogen-bond acceptors (Lipinski definition) is 5. The van der Waals surface area contributed by atoms with E-state index in [1.54, 1.807) is 0 Å². The second-order valence-electron chi connectivity index (χ2n) is 3.13. The highest BCUT2D eigenvalue weighted by molar-refractivity contribution is 4.84. The third kappa shape index (κ3) is 1.62. The molecule has 1 aromatic heterocycles. The van der Waals surface area contributed by atoms with Gasteiger partial charge in [0.2, 0.25) is 6.39 Å². The van der Waals surface area contributed by atoms with Gasteiger partial charge in [0.1, 0.15) is 0 Å². The number of likely N-dealkylation sites (tertiary alicyclic amines) is 1. The highest BCUT2D eigenvalue weighted by Gasteiger charge is 2.19. The molecule has 2 rings (SSSR count). The average Bonchev–Trinajstić information content (AvgIpc) is 2.63. The first-order valence-corrected chi connectivity index (χ1v) is 4.08. The molecule has 1 aliphatic rings. The van der Waals surface area contributed by atoms with Crippen molar-refractivity contribution < 1.29 is 4.52 Å². The highest BCUT2D eigenvalue weighted by Crippen LogP contribution is 2.09. The van der Waals surface area contributed by atoms with Crippen molar-refractivity contribution in [3.63, 3.8) is 0 Å². The van der Waals surface area contributed by atoms with Crippen LogP contribution in [0.5, 0.6) is 0 Å². The lowest BCUT2D eigenvalue weighted by molar-refractivity contribution is 0.308. The second kappa shape index (κ2) is 3.20. The van der Waals surface area contributed by atoms with Gasteiger partial charge in [-0.15, -0.1) is 0 Å². The lowest BCUT2D eigenvalue weighted by atomic mass is 10.3. The molecule has 0 amide bonds. The van der Waals surface area contributed by atoms with Crippen LogP contribution in [0.2, 0.25) is 0 Å². The average molecular weight is 168 g/mol. The second-order valence-corrected chi connectivity index (χ2v) is 3.13. The van der Waals surface area contributed by atoms with Crippen molar-refractivity contribution in [1.29, 1.82) is 0 Å². The first kappa shape index (κ1) is 7.70. The Morgan fingerprint density at radius 3 is 3.25 bits per heavy atom. The van der Waals surface area contributed by atoms with Crippen molar-refractivity contribution in [3.05, 3.63) is 12.2 Å². The summed E-state index contributed by atoms with van der Waals surface area (Å²) >= 11 is 0. The molecule has 5 heteroatoms. The van der Waals surface area contributed by atoms with Gasteiger partial charge in [-0.2, -0.15) is 4.98 Å². The Morgan fingerprint density at radius 1 is 1.75 bits per heavy atom. The fraction of sp³-hybridized carbons (Fsp3) is 0.714. The molecule has 1 atom stereocenters. The minimum atomic E-state index is 0.317. The minimum absolute atomic E-state index is 0.317. The summed E-state index contributed by atoms with van der Waals surface area (Å²) in [4.78, 5) is 6.18. The molecule has 1 saturated heterocycles. The molecule has 1 aliphatic heterocycles. The molecular weight excluding hydrogens is 156 g/mol. The van der Waals surface area contributed by atoms with Crippen molar-refractivity contribution in [3.8, 4) is 0 Å². The summed E-state index contributed by atoms with van der Waals surface area (Å²) in [6.07, 6.45) is 2.42. The molecule has 1 fully saturated rings. The number of aromatic nitrogens is 2. The van der Waals surface area contributed by atoms with E-state index in [2.05, 4.69) is 19.6 Å². The molecule has 2 heterocycles. The maximum absolute atomic E-state index is 5.75. The van der Waals surface area contributed by atoms with Crippen molar-refractivity contribution in [1.82, 2.24) is 15.0 Å². The van der Waals surface area contributed by atoms with Crippen LogP contribution in [0, 0.1) is 0 Å². The molecule has 0 aliphatic carbocycles. The predicted octanol–water partition coefficient (Wildman–Crippen LogP) is -0.397. The maximum Gasteiger partial charge on any atom is 0.213 e. The molecule has 0 bridgehead atoms. The van der Waals surface area contributed by atoms with Crippen LogP contribution in [-0.2, 0) is 6.54 Å². The summed E-state index contributed by atoms with van der Waals surface area (Å²) in [6.45, 7) is 2.73. The molecule has 2 N–H and O–H groups in total. The number of nitrogens with two attached hydrogens (primary N) is 1. The zero-order valence-corrected chi connectivity index (χ0v) is 6.81. The minimum Gasteiger partial charge on any atom is -0.343 e. The lowest BCUT2D eigenvalue weighted by Crippen LogP contribution is -2.26. The zero-order chi connectivity index (χ0) is 8.39. The van der Waals surface area contributed by atoms with Gasteiger partial charge in [0.15, 0.2) is 5.82 Å². The first-order valence-electron chi connectivity index (χ1n) is 4.08. The monoisotopic (exact) mass is 168 g/mol. The Balaban J connectivity index is 1.88. The molecule has 5 nitrogen and oxygen atoms in total. The van der Waals surface area contributed by atoms with E-state index in [0.29, 0.717) is 6.04 Å². The van der Waals surface area contributed by atoms with Crippen LogP contribution >= 0.6 is 0 Å². The van der Waals surface area contributed by atoms with E-state index in [1.165, 1.54) is 6.39 Å². The Kier molecular flexibility index (Phi) is 2.05. The van der Waals surface area contributed by atoms with Crippen molar-refractivity contribution in [2.24, 2.45) is 5.73 Å². The van der Waals surface area contributed by atoms with Crippen LogP contribution in [0.15, 0.2) is 10.9 Å². The summed E-state index contributed by atoms with van der Waals surface area (Å²) in [5, 5.41) is 3.74. The van der Waals surface area contributed by atoms with Crippen molar-refractivity contribution in [2.75, 3.05) is 13.1 Å². The van der Waals surface area contributed by atoms with Crippen LogP contribution in [0.1, 0.15) is 12.2 Å². The molecule has 0 saturated carbocycles. The Hall–Kier alpha value is -0.940. The fourth-order valence-corrected chi connectivity index (χ4v) is 1.47. The number of rotatable bonds is 2. The summed E-state index contributed by atoms with van der Waals surface area (Å²) < 4.78 is 4.63. The standard InChI is InChI=1S/C7H12N4O/c8-6-1-2-11(3-6)4-7-9-5-12-10-7/h5-6H,1-4,8H2. The molecule has 0 spiro atoms. The van der Waals surface area contributed by atoms with Gasteiger partial charge in [-0.3, -0.25) is 4.90 Å². The van der Waals surface area contributed by atoms with E-state index < -0.39 is 0 Å². The van der Waals surface area contributed by atoms with E-state index in [0.717, 1.165) is 31.9 Å². The number of nitrogens with zero attached hydrogens (tertiary/aromatic N) is 3. The van der Waals surface area contributed by atoms with Gasteiger partial charge in [-0.1, -0.05) is 5.16 Å². The van der Waals surface area contributed by atoms with E-state index >= 15 is 0 Å². The summed E-state index contributed by atoms with van der Waals surface area (Å²) in [6, 6.07) is 0.317. The van der Waals surface area contributed by atoms with Crippen LogP contribution in [0.3, 0.4) is 0 Å². The van der Waals surface area contributed by atoms with Crippen molar-refractivity contribution >= 4 is 0 Å². The van der Waals surface area contributed by atoms with Crippen molar-refractivity contribution in [2.45, 2.75) is 19.0 Å². The van der Waals surface area contributed by atoms with Gasteiger partial charge in [0.25, 0.3) is 0 Å². The SMILES string of the molecule is NC1CCN(Cc2ncon2)C1. The summed E-state index contributed by atoms with van der Waals surface area (Å²) in [5.41, 5.74) is 5.75. The normalized spacial score (nSPS) is 24.9. The smallest absolute Gasteiger partial charge is 0.213 e. The predicted molar refractivity (Wildman–Crippen MR) is 42.2 cm³/mol. The van der Waals surface area contributed by atoms with Crippen LogP contribution in [0.4, 0.5) is 0 Å². The molecule has 0 radical (unpaired) electrons. The molecule has 66 valence electrons. The van der Waals surface area contributed by atoms with E-state index in [9.17, 15) is 0 Å². The van der Waals surface area contributed by atoms with Crippen LogP contribution < -0.4 is 5.73 Å². The van der Waals surface area contributed by atoms with Gasteiger partial charge in [0, 0.05) is 19.1 Å². The van der Waals surface area contributed by atoms with Gasteiger partial charge >= 0.3 is 0 Å². The quantitative estimate of drug-likeness (QED) is 0.651. The first-order chi connectivity index (χ1) is 5.84. The molecule has 1 aromatic rings. The summed E-state index contributed by atoms with van der Waals surface area (Å²) in [7, 11) is 0. The lowest BCUT2D eigenvalue weighted by Gasteiger charge is -2.11. The van der Waals surface area contributed by atoms with Crippen LogP contribution in [0.25, 0.3) is 0 Å². The fourth-order valence-electron chi connectivity index (χ4n) is 1.47. The Morgan fingerprint density at radius 2 is 2.67 bits per heavy atom. The van der Waals surface area contributed by atoms with Gasteiger partial charge in [0.05, 0.1) is 6.54 Å². The van der Waals surface area contributed by atoms with Crippen LogP contribution in [-0.4, -0.2) is 34.2 Å². The van der Waals surface area contributed by atoms with Gasteiger partial charge < -0.3 is 10.3 Å². The summed E-state index contributed by atoms with van der Waals surface area (Å²) in [5.74, 6) is 0.740. The number of hydrogen-bond donors (Lipinski definition) is 1. The third-order valence-electron chi connectivity index (χ3n) is 2.08. The van der Waals surface area contributed by atoms with Gasteiger partial charge in [-0.05, 0) is 6.42 Å². The maximum atomic E-state index is 5.75. The third-order valence-corrected chi connectivity index (χ3v) is 2.08. The largest absolute Gasteiger partial charge is 0.343 e. The van der Waals surface area contributed by atoms with E-state index in [1.807, 2.05) is 0 Å². The van der Waals surface area contributed by atoms with E-state index in [-0.39, 0.29) is 0 Å². The Labute approximate surface area is 70.5 Å². The highest BCUT2D eigenvalue weighted by atomic mass is 16.5. The van der Waals surface area contributed by atoms with Gasteiger partial charge in [-0.25, -0.2) is 0 Å². The zero-order valence-electron chi connectivity index (χ0n) is 6.81.